The van der Waals surface area contributed by atoms with Crippen LogP contribution in [0, 0.1) is 13.8 Å². The highest BCUT2D eigenvalue weighted by Crippen LogP contribution is 2.17. The Kier molecular flexibility index (Phi) is 5.41. The van der Waals surface area contributed by atoms with Gasteiger partial charge in [-0.2, -0.15) is 5.10 Å². The summed E-state index contributed by atoms with van der Waals surface area (Å²) in [6.45, 7) is 5.96. The van der Waals surface area contributed by atoms with Gasteiger partial charge in [-0.05, 0) is 69.3 Å². The van der Waals surface area contributed by atoms with E-state index in [1.807, 2.05) is 43.3 Å². The lowest BCUT2D eigenvalue weighted by molar-refractivity contribution is 0.0955. The van der Waals surface area contributed by atoms with Gasteiger partial charge >= 0.3 is 0 Å². The number of rotatable bonds is 5. The van der Waals surface area contributed by atoms with Crippen LogP contribution in [0.3, 0.4) is 0 Å². The summed E-state index contributed by atoms with van der Waals surface area (Å²) < 4.78 is 7.36. The average Bonchev–Trinajstić information content (AvgIpc) is 3.04. The average molecular weight is 361 g/mol. The fourth-order valence-electron chi connectivity index (χ4n) is 2.95. The van der Waals surface area contributed by atoms with Crippen molar-refractivity contribution in [2.75, 3.05) is 7.11 Å². The molecule has 0 aliphatic rings. The van der Waals surface area contributed by atoms with Gasteiger partial charge in [0, 0.05) is 28.2 Å². The molecule has 1 amide bonds. The summed E-state index contributed by atoms with van der Waals surface area (Å²) in [5.74, 6) is 0.504. The van der Waals surface area contributed by atoms with Gasteiger partial charge in [0.2, 0.25) is 0 Å². The molecular weight excluding hydrogens is 338 g/mol. The van der Waals surface area contributed by atoms with Gasteiger partial charge in [0.25, 0.3) is 5.91 Å². The second-order valence-corrected chi connectivity index (χ2v) is 6.37. The second kappa shape index (κ2) is 7.91. The topological polar surface area (TPSA) is 55.6 Å². The maximum absolute atomic E-state index is 12.4. The molecule has 0 unspecified atom stereocenters. The zero-order valence-corrected chi connectivity index (χ0v) is 16.0. The van der Waals surface area contributed by atoms with Gasteiger partial charge in [-0.1, -0.05) is 12.1 Å². The maximum Gasteiger partial charge on any atom is 0.271 e. The molecule has 0 atom stereocenters. The molecule has 1 aromatic heterocycles. The minimum absolute atomic E-state index is 0.246. The molecule has 0 bridgehead atoms. The van der Waals surface area contributed by atoms with Crippen molar-refractivity contribution in [3.63, 3.8) is 0 Å². The summed E-state index contributed by atoms with van der Waals surface area (Å²) in [5, 5.41) is 4.20. The Morgan fingerprint density at radius 1 is 0.963 bits per heavy atom. The first-order valence-corrected chi connectivity index (χ1v) is 8.74. The first-order chi connectivity index (χ1) is 13.0. The van der Waals surface area contributed by atoms with Crippen LogP contribution in [0.4, 0.5) is 0 Å². The second-order valence-electron chi connectivity index (χ2n) is 6.37. The lowest BCUT2D eigenvalue weighted by atomic mass is 10.1. The highest BCUT2D eigenvalue weighted by atomic mass is 16.5. The zero-order valence-electron chi connectivity index (χ0n) is 16.0. The number of methoxy groups -OCH3 is 1. The number of carbonyl (C=O) groups excluding carboxylic acids is 1. The number of aryl methyl sites for hydroxylation is 2. The van der Waals surface area contributed by atoms with Gasteiger partial charge < -0.3 is 9.30 Å². The first-order valence-electron chi connectivity index (χ1n) is 8.74. The van der Waals surface area contributed by atoms with E-state index in [0.717, 1.165) is 28.4 Å². The third-order valence-electron chi connectivity index (χ3n) is 4.47. The minimum Gasteiger partial charge on any atom is -0.497 e. The number of amides is 1. The fraction of sp³-hybridized carbons (Fsp3) is 0.182. The molecule has 2 aromatic carbocycles. The number of carbonyl (C=O) groups is 1. The number of hydrogen-bond acceptors (Lipinski definition) is 3. The van der Waals surface area contributed by atoms with E-state index < -0.39 is 0 Å². The van der Waals surface area contributed by atoms with Crippen LogP contribution in [0.15, 0.2) is 65.8 Å². The van der Waals surface area contributed by atoms with E-state index in [-0.39, 0.29) is 5.91 Å². The molecule has 3 aromatic rings. The number of aromatic nitrogens is 1. The van der Waals surface area contributed by atoms with Crippen LogP contribution in [0.5, 0.6) is 5.75 Å². The largest absolute Gasteiger partial charge is 0.497 e. The minimum atomic E-state index is -0.246. The maximum atomic E-state index is 12.4. The van der Waals surface area contributed by atoms with Crippen molar-refractivity contribution in [1.29, 1.82) is 0 Å². The lowest BCUT2D eigenvalue weighted by Gasteiger charge is -2.10. The van der Waals surface area contributed by atoms with Gasteiger partial charge in [-0.15, -0.1) is 0 Å². The van der Waals surface area contributed by atoms with E-state index in [1.165, 1.54) is 0 Å². The predicted molar refractivity (Wildman–Crippen MR) is 108 cm³/mol. The molecule has 0 aliphatic heterocycles. The van der Waals surface area contributed by atoms with Crippen molar-refractivity contribution in [2.45, 2.75) is 20.8 Å². The van der Waals surface area contributed by atoms with Crippen LogP contribution in [0.2, 0.25) is 0 Å². The number of benzene rings is 2. The third kappa shape index (κ3) is 4.08. The standard InChI is InChI=1S/C22H23N3O2/c1-15-8-9-16(2)25(15)20-12-10-18(11-13-20)22(26)24-23-17(3)19-6-5-7-21(14-19)27-4/h5-14H,1-4H3,(H,24,26)/b23-17+. The highest BCUT2D eigenvalue weighted by Gasteiger charge is 2.08. The van der Waals surface area contributed by atoms with Crippen molar-refractivity contribution in [1.82, 2.24) is 9.99 Å². The van der Waals surface area contributed by atoms with Gasteiger partial charge in [0.05, 0.1) is 12.8 Å². The zero-order chi connectivity index (χ0) is 19.4. The number of hydrazone groups is 1. The van der Waals surface area contributed by atoms with E-state index in [4.69, 9.17) is 4.74 Å². The Morgan fingerprint density at radius 2 is 1.63 bits per heavy atom. The van der Waals surface area contributed by atoms with Crippen molar-refractivity contribution in [3.05, 3.63) is 83.2 Å². The van der Waals surface area contributed by atoms with Gasteiger partial charge in [0.1, 0.15) is 5.75 Å². The van der Waals surface area contributed by atoms with Crippen LogP contribution >= 0.6 is 0 Å². The Balaban J connectivity index is 1.72. The Hall–Kier alpha value is -3.34. The van der Waals surface area contributed by atoms with Gasteiger partial charge in [-0.3, -0.25) is 4.79 Å². The predicted octanol–water partition coefficient (Wildman–Crippen LogP) is 4.26. The molecule has 0 saturated carbocycles. The number of nitrogens with zero attached hydrogens (tertiary/aromatic N) is 2. The molecular formula is C22H23N3O2. The van der Waals surface area contributed by atoms with Crippen molar-refractivity contribution >= 4 is 11.6 Å². The molecule has 0 radical (unpaired) electrons. The molecule has 5 nitrogen and oxygen atoms in total. The molecule has 5 heteroatoms. The third-order valence-corrected chi connectivity index (χ3v) is 4.47. The van der Waals surface area contributed by atoms with Crippen LogP contribution in [0.25, 0.3) is 5.69 Å². The molecule has 3 rings (SSSR count). The summed E-state index contributed by atoms with van der Waals surface area (Å²) in [7, 11) is 1.62. The molecule has 27 heavy (non-hydrogen) atoms. The fourth-order valence-corrected chi connectivity index (χ4v) is 2.95. The van der Waals surface area contributed by atoms with Gasteiger partial charge in [-0.25, -0.2) is 5.43 Å². The van der Waals surface area contributed by atoms with E-state index in [1.54, 1.807) is 19.2 Å². The molecule has 138 valence electrons. The van der Waals surface area contributed by atoms with Crippen LogP contribution in [-0.2, 0) is 0 Å². The number of ether oxygens (including phenoxy) is 1. The quantitative estimate of drug-likeness (QED) is 0.545. The van der Waals surface area contributed by atoms with Crippen LogP contribution in [0.1, 0.15) is 34.2 Å². The summed E-state index contributed by atoms with van der Waals surface area (Å²) in [5.41, 5.74) is 8.11. The summed E-state index contributed by atoms with van der Waals surface area (Å²) in [6.07, 6.45) is 0. The smallest absolute Gasteiger partial charge is 0.271 e. The monoisotopic (exact) mass is 361 g/mol. The molecule has 0 aliphatic carbocycles. The molecule has 0 spiro atoms. The Morgan fingerprint density at radius 3 is 2.26 bits per heavy atom. The SMILES string of the molecule is COc1cccc(/C(C)=N/NC(=O)c2ccc(-n3c(C)ccc3C)cc2)c1. The lowest BCUT2D eigenvalue weighted by Crippen LogP contribution is -2.19. The van der Waals surface area contributed by atoms with Crippen molar-refractivity contribution < 1.29 is 9.53 Å². The number of nitrogens with one attached hydrogen (secondary N) is 1. The van der Waals surface area contributed by atoms with Crippen molar-refractivity contribution in [2.24, 2.45) is 5.10 Å². The molecule has 0 saturated heterocycles. The van der Waals surface area contributed by atoms with E-state index >= 15 is 0 Å². The van der Waals surface area contributed by atoms with Crippen LogP contribution < -0.4 is 10.2 Å². The number of hydrogen-bond donors (Lipinski definition) is 1. The summed E-state index contributed by atoms with van der Waals surface area (Å²) >= 11 is 0. The van der Waals surface area contributed by atoms with E-state index in [2.05, 4.69) is 41.1 Å². The van der Waals surface area contributed by atoms with Gasteiger partial charge in [0.15, 0.2) is 0 Å². The van der Waals surface area contributed by atoms with E-state index in [0.29, 0.717) is 11.3 Å². The van der Waals surface area contributed by atoms with Crippen LogP contribution in [-0.4, -0.2) is 23.3 Å². The molecule has 0 fully saturated rings. The normalized spacial score (nSPS) is 11.3. The summed E-state index contributed by atoms with van der Waals surface area (Å²) in [6, 6.07) is 19.2. The molecule has 1 N–H and O–H groups in total. The van der Waals surface area contributed by atoms with E-state index in [9.17, 15) is 4.79 Å². The summed E-state index contributed by atoms with van der Waals surface area (Å²) in [4.78, 5) is 12.4. The Bertz CT molecular complexity index is 966. The molecule has 1 heterocycles. The van der Waals surface area contributed by atoms with Crippen molar-refractivity contribution in [3.8, 4) is 11.4 Å². The highest BCUT2D eigenvalue weighted by molar-refractivity contribution is 6.01. The Labute approximate surface area is 159 Å². The first kappa shape index (κ1) is 18.5.